The van der Waals surface area contributed by atoms with E-state index in [4.69, 9.17) is 0 Å². The highest BCUT2D eigenvalue weighted by Crippen LogP contribution is 2.15. The summed E-state index contributed by atoms with van der Waals surface area (Å²) in [5, 5.41) is 14.6. The molecule has 1 amide bonds. The smallest absolute Gasteiger partial charge is 0.274 e. The summed E-state index contributed by atoms with van der Waals surface area (Å²) in [6.07, 6.45) is 5.15. The Hall–Kier alpha value is -3.56. The van der Waals surface area contributed by atoms with Gasteiger partial charge in [0.1, 0.15) is 12.0 Å². The second kappa shape index (κ2) is 6.75. The van der Waals surface area contributed by atoms with Crippen molar-refractivity contribution in [1.29, 1.82) is 0 Å². The summed E-state index contributed by atoms with van der Waals surface area (Å²) in [5.41, 5.74) is -0.0911. The number of aromatic amines is 1. The number of carbonyl (C=O) groups excluding carboxylic acids is 1. The predicted octanol–water partition coefficient (Wildman–Crippen LogP) is -0.292. The van der Waals surface area contributed by atoms with Crippen molar-refractivity contribution in [2.24, 2.45) is 0 Å². The molecule has 1 N–H and O–H groups in total. The van der Waals surface area contributed by atoms with Gasteiger partial charge >= 0.3 is 0 Å². The van der Waals surface area contributed by atoms with Crippen LogP contribution in [0.5, 0.6) is 0 Å². The zero-order chi connectivity index (χ0) is 17.9. The van der Waals surface area contributed by atoms with Crippen LogP contribution in [0.15, 0.2) is 47.8 Å². The molecule has 26 heavy (non-hydrogen) atoms. The molecule has 0 radical (unpaired) electrons. The SMILES string of the molecule is O=C(c1ccc(=O)[nH]n1)N1CCN(c2ccc(-n3ccnc3)nn2)CC1. The molecule has 0 atom stereocenters. The normalized spacial score (nSPS) is 14.5. The van der Waals surface area contributed by atoms with Gasteiger partial charge in [-0.25, -0.2) is 10.1 Å². The molecule has 10 heteroatoms. The van der Waals surface area contributed by atoms with E-state index < -0.39 is 0 Å². The lowest BCUT2D eigenvalue weighted by molar-refractivity contribution is 0.0739. The van der Waals surface area contributed by atoms with E-state index >= 15 is 0 Å². The number of H-pyrrole nitrogens is 1. The van der Waals surface area contributed by atoms with Gasteiger partial charge in [-0.1, -0.05) is 0 Å². The van der Waals surface area contributed by atoms with Gasteiger partial charge < -0.3 is 9.80 Å². The Balaban J connectivity index is 1.39. The van der Waals surface area contributed by atoms with Crippen LogP contribution in [0, 0.1) is 0 Å². The summed E-state index contributed by atoms with van der Waals surface area (Å²) in [4.78, 5) is 31.2. The number of carbonyl (C=O) groups is 1. The van der Waals surface area contributed by atoms with Crippen LogP contribution in [-0.2, 0) is 0 Å². The van der Waals surface area contributed by atoms with E-state index in [0.29, 0.717) is 32.0 Å². The van der Waals surface area contributed by atoms with E-state index in [1.165, 1.54) is 12.1 Å². The number of hydrogen-bond acceptors (Lipinski definition) is 7. The minimum Gasteiger partial charge on any atom is -0.352 e. The molecule has 0 saturated carbocycles. The molecule has 1 fully saturated rings. The fourth-order valence-corrected chi connectivity index (χ4v) is 2.78. The van der Waals surface area contributed by atoms with Crippen LogP contribution in [0.25, 0.3) is 5.82 Å². The van der Waals surface area contributed by atoms with E-state index in [9.17, 15) is 9.59 Å². The number of nitrogens with one attached hydrogen (secondary N) is 1. The summed E-state index contributed by atoms with van der Waals surface area (Å²) in [7, 11) is 0. The van der Waals surface area contributed by atoms with Gasteiger partial charge in [-0.3, -0.25) is 14.2 Å². The van der Waals surface area contributed by atoms with Crippen LogP contribution >= 0.6 is 0 Å². The number of amides is 1. The maximum Gasteiger partial charge on any atom is 0.274 e. The minimum atomic E-state index is -0.330. The van der Waals surface area contributed by atoms with Gasteiger partial charge in [0.2, 0.25) is 0 Å². The lowest BCUT2D eigenvalue weighted by atomic mass is 10.2. The number of hydrogen-bond donors (Lipinski definition) is 1. The molecule has 10 nitrogen and oxygen atoms in total. The summed E-state index contributed by atoms with van der Waals surface area (Å²) < 4.78 is 1.78. The summed E-state index contributed by atoms with van der Waals surface area (Å²) in [5.74, 6) is 1.27. The van der Waals surface area contributed by atoms with Gasteiger partial charge in [-0.05, 0) is 18.2 Å². The maximum absolute atomic E-state index is 12.4. The van der Waals surface area contributed by atoms with E-state index in [1.54, 1.807) is 28.2 Å². The topological polar surface area (TPSA) is 113 Å². The molecule has 4 rings (SSSR count). The average molecular weight is 352 g/mol. The summed E-state index contributed by atoms with van der Waals surface area (Å²) >= 11 is 0. The lowest BCUT2D eigenvalue weighted by Crippen LogP contribution is -2.49. The third-order valence-corrected chi connectivity index (χ3v) is 4.19. The van der Waals surface area contributed by atoms with Gasteiger partial charge in [-0.2, -0.15) is 5.10 Å². The number of aromatic nitrogens is 6. The minimum absolute atomic E-state index is 0.192. The highest BCUT2D eigenvalue weighted by atomic mass is 16.2. The van der Waals surface area contributed by atoms with Crippen molar-refractivity contribution in [3.8, 4) is 5.82 Å². The Kier molecular flexibility index (Phi) is 4.14. The molecule has 0 aromatic carbocycles. The fourth-order valence-electron chi connectivity index (χ4n) is 2.78. The summed E-state index contributed by atoms with van der Waals surface area (Å²) in [6, 6.07) is 6.52. The van der Waals surface area contributed by atoms with Crippen molar-refractivity contribution >= 4 is 11.7 Å². The first kappa shape index (κ1) is 15.9. The van der Waals surface area contributed by atoms with Crippen molar-refractivity contribution in [3.63, 3.8) is 0 Å². The Morgan fingerprint density at radius 3 is 2.38 bits per heavy atom. The number of nitrogens with zero attached hydrogens (tertiary/aromatic N) is 7. The van der Waals surface area contributed by atoms with E-state index in [0.717, 1.165) is 5.82 Å². The van der Waals surface area contributed by atoms with Gasteiger partial charge in [0.05, 0.1) is 0 Å². The van der Waals surface area contributed by atoms with Gasteiger partial charge in [0.15, 0.2) is 11.6 Å². The lowest BCUT2D eigenvalue weighted by Gasteiger charge is -2.34. The van der Waals surface area contributed by atoms with E-state index in [-0.39, 0.29) is 17.2 Å². The first-order valence-corrected chi connectivity index (χ1v) is 8.13. The van der Waals surface area contributed by atoms with E-state index in [1.807, 2.05) is 12.1 Å². The molecule has 0 aliphatic carbocycles. The van der Waals surface area contributed by atoms with Crippen molar-refractivity contribution < 1.29 is 4.79 Å². The molecule has 3 aromatic heterocycles. The van der Waals surface area contributed by atoms with Crippen LogP contribution < -0.4 is 10.5 Å². The van der Waals surface area contributed by atoms with Crippen molar-refractivity contribution in [1.82, 2.24) is 34.8 Å². The second-order valence-electron chi connectivity index (χ2n) is 5.81. The molecule has 132 valence electrons. The Morgan fingerprint density at radius 2 is 1.77 bits per heavy atom. The van der Waals surface area contributed by atoms with Gasteiger partial charge in [0, 0.05) is 44.6 Å². The second-order valence-corrected chi connectivity index (χ2v) is 5.81. The molecule has 0 spiro atoms. The third kappa shape index (κ3) is 3.16. The molecule has 4 heterocycles. The maximum atomic E-state index is 12.4. The van der Waals surface area contributed by atoms with Crippen LogP contribution in [0.2, 0.25) is 0 Å². The number of rotatable bonds is 3. The molecule has 1 aliphatic heterocycles. The fraction of sp³-hybridized carbons (Fsp3) is 0.250. The van der Waals surface area contributed by atoms with Crippen LogP contribution in [0.3, 0.4) is 0 Å². The highest BCUT2D eigenvalue weighted by molar-refractivity contribution is 5.92. The standard InChI is InChI=1S/C16H16N8O2/c25-15-4-1-12(18-21-15)16(26)23-9-7-22(8-10-23)13-2-3-14(20-19-13)24-6-5-17-11-24/h1-6,11H,7-10H2,(H,21,25). The quantitative estimate of drug-likeness (QED) is 0.689. The highest BCUT2D eigenvalue weighted by Gasteiger charge is 2.24. The van der Waals surface area contributed by atoms with E-state index in [2.05, 4.69) is 30.3 Å². The van der Waals surface area contributed by atoms with Crippen molar-refractivity contribution in [3.05, 3.63) is 59.0 Å². The van der Waals surface area contributed by atoms with Crippen LogP contribution in [-0.4, -0.2) is 66.9 Å². The van der Waals surface area contributed by atoms with Gasteiger partial charge in [-0.15, -0.1) is 10.2 Å². The zero-order valence-corrected chi connectivity index (χ0v) is 13.8. The molecular formula is C16H16N8O2. The molecule has 1 saturated heterocycles. The first-order valence-electron chi connectivity index (χ1n) is 8.13. The van der Waals surface area contributed by atoms with Crippen molar-refractivity contribution in [2.75, 3.05) is 31.1 Å². The predicted molar refractivity (Wildman–Crippen MR) is 92.1 cm³/mol. The largest absolute Gasteiger partial charge is 0.352 e. The number of anilines is 1. The Bertz CT molecular complexity index is 923. The van der Waals surface area contributed by atoms with Crippen LogP contribution in [0.1, 0.15) is 10.5 Å². The Labute approximate surface area is 148 Å². The first-order chi connectivity index (χ1) is 12.7. The zero-order valence-electron chi connectivity index (χ0n) is 13.8. The summed E-state index contributed by atoms with van der Waals surface area (Å²) in [6.45, 7) is 2.39. The third-order valence-electron chi connectivity index (χ3n) is 4.19. The molecule has 0 unspecified atom stereocenters. The Morgan fingerprint density at radius 1 is 1.00 bits per heavy atom. The van der Waals surface area contributed by atoms with Crippen molar-refractivity contribution in [2.45, 2.75) is 0 Å². The monoisotopic (exact) mass is 352 g/mol. The number of piperazine rings is 1. The van der Waals surface area contributed by atoms with Crippen LogP contribution in [0.4, 0.5) is 5.82 Å². The average Bonchev–Trinajstić information content (AvgIpc) is 3.23. The number of imidazole rings is 1. The van der Waals surface area contributed by atoms with Gasteiger partial charge in [0.25, 0.3) is 11.5 Å². The molecule has 1 aliphatic rings. The molecular weight excluding hydrogens is 336 g/mol. The molecule has 0 bridgehead atoms. The molecule has 3 aromatic rings.